The smallest absolute Gasteiger partial charge is 0.226 e. The van der Waals surface area contributed by atoms with Crippen LogP contribution in [0.1, 0.15) is 46.0 Å². The number of hydrogen-bond donors (Lipinski definition) is 1. The fourth-order valence-electron chi connectivity index (χ4n) is 4.70. The zero-order valence-corrected chi connectivity index (χ0v) is 15.6. The van der Waals surface area contributed by atoms with Gasteiger partial charge in [0, 0.05) is 24.5 Å². The van der Waals surface area contributed by atoms with E-state index < -0.39 is 15.1 Å². The number of hydrogen-bond acceptors (Lipinski definition) is 4. The van der Waals surface area contributed by atoms with Crippen molar-refractivity contribution in [3.8, 4) is 0 Å². The topological polar surface area (TPSA) is 80.5 Å². The Morgan fingerprint density at radius 3 is 2.26 bits per heavy atom. The molecule has 1 heterocycles. The molecule has 4 atom stereocenters. The van der Waals surface area contributed by atoms with E-state index in [0.717, 1.165) is 25.7 Å². The molecular weight excluding hydrogens is 336 g/mol. The number of fused-ring (bicyclic) bond motifs is 2. The first-order valence-electron chi connectivity index (χ1n) is 8.59. The maximum Gasteiger partial charge on any atom is 0.226 e. The van der Waals surface area contributed by atoms with E-state index in [9.17, 15) is 13.2 Å². The molecule has 5 nitrogen and oxygen atoms in total. The van der Waals surface area contributed by atoms with E-state index in [4.69, 9.17) is 5.73 Å². The van der Waals surface area contributed by atoms with Gasteiger partial charge in [-0.25, -0.2) is 8.42 Å². The molecule has 2 bridgehead atoms. The molecule has 3 fully saturated rings. The molecule has 134 valence electrons. The van der Waals surface area contributed by atoms with Crippen molar-refractivity contribution in [2.75, 3.05) is 12.3 Å². The minimum absolute atomic E-state index is 0. The molecule has 0 aromatic rings. The average molecular weight is 365 g/mol. The predicted molar refractivity (Wildman–Crippen MR) is 93.2 cm³/mol. The Morgan fingerprint density at radius 1 is 1.13 bits per heavy atom. The second kappa shape index (κ2) is 6.89. The van der Waals surface area contributed by atoms with Crippen LogP contribution in [0.3, 0.4) is 0 Å². The SMILES string of the molecule is CC1C(C)S(=O)(=O)CCN1C(=O)C1CC2CCCC(C1)C2N.Cl. The number of carbonyl (C=O) groups excluding carboxylic acids is 1. The number of amides is 1. The number of halogens is 1. The summed E-state index contributed by atoms with van der Waals surface area (Å²) in [6, 6.07) is 0.0394. The van der Waals surface area contributed by atoms with Gasteiger partial charge in [-0.1, -0.05) is 6.42 Å². The van der Waals surface area contributed by atoms with Gasteiger partial charge in [0.15, 0.2) is 9.84 Å². The van der Waals surface area contributed by atoms with Gasteiger partial charge < -0.3 is 10.6 Å². The number of nitrogens with zero attached hydrogens (tertiary/aromatic N) is 1. The molecule has 0 aromatic heterocycles. The Morgan fingerprint density at radius 2 is 1.70 bits per heavy atom. The Labute approximate surface area is 145 Å². The van der Waals surface area contributed by atoms with Gasteiger partial charge in [-0.15, -0.1) is 12.4 Å². The second-order valence-corrected chi connectivity index (χ2v) is 10.0. The monoisotopic (exact) mass is 364 g/mol. The average Bonchev–Trinajstić information content (AvgIpc) is 2.44. The highest BCUT2D eigenvalue weighted by molar-refractivity contribution is 7.92. The fraction of sp³-hybridized carbons (Fsp3) is 0.938. The van der Waals surface area contributed by atoms with Crippen LogP contribution in [-0.2, 0) is 14.6 Å². The molecular formula is C16H29ClN2O3S. The fourth-order valence-corrected chi connectivity index (χ4v) is 6.27. The first-order valence-corrected chi connectivity index (χ1v) is 10.3. The number of nitrogens with two attached hydrogens (primary N) is 1. The van der Waals surface area contributed by atoms with Gasteiger partial charge in [0.05, 0.1) is 11.0 Å². The minimum atomic E-state index is -3.05. The van der Waals surface area contributed by atoms with Crippen LogP contribution in [-0.4, -0.2) is 48.9 Å². The lowest BCUT2D eigenvalue weighted by atomic mass is 9.65. The summed E-state index contributed by atoms with van der Waals surface area (Å²) in [5, 5.41) is -0.462. The molecule has 1 saturated heterocycles. The molecule has 2 aliphatic carbocycles. The quantitative estimate of drug-likeness (QED) is 0.766. The first kappa shape index (κ1) is 19.0. The van der Waals surface area contributed by atoms with Crippen molar-refractivity contribution in [3.05, 3.63) is 0 Å². The van der Waals surface area contributed by atoms with Crippen molar-refractivity contribution < 1.29 is 13.2 Å². The summed E-state index contributed by atoms with van der Waals surface area (Å²) < 4.78 is 24.0. The van der Waals surface area contributed by atoms with Crippen LogP contribution in [0.25, 0.3) is 0 Å². The number of carbonyl (C=O) groups is 1. The van der Waals surface area contributed by atoms with Gasteiger partial charge >= 0.3 is 0 Å². The standard InChI is InChI=1S/C16H28N2O3S.ClH/c1-10-11(2)22(20,21)7-6-18(10)16(19)14-8-12-4-3-5-13(9-14)15(12)17;/h10-15H,3-9,17H2,1-2H3;1H. The van der Waals surface area contributed by atoms with E-state index in [1.807, 2.05) is 11.8 Å². The third-order valence-corrected chi connectivity index (χ3v) is 8.68. The minimum Gasteiger partial charge on any atom is -0.337 e. The van der Waals surface area contributed by atoms with Gasteiger partial charge in [-0.05, 0) is 51.4 Å². The van der Waals surface area contributed by atoms with E-state index in [0.29, 0.717) is 18.4 Å². The zero-order valence-electron chi connectivity index (χ0n) is 14.0. The Balaban J connectivity index is 0.00000192. The highest BCUT2D eigenvalue weighted by atomic mass is 35.5. The first-order chi connectivity index (χ1) is 10.3. The Hall–Kier alpha value is -0.330. The molecule has 3 aliphatic rings. The molecule has 4 unspecified atom stereocenters. The maximum absolute atomic E-state index is 12.9. The van der Waals surface area contributed by atoms with E-state index >= 15 is 0 Å². The third-order valence-electron chi connectivity index (χ3n) is 6.40. The lowest BCUT2D eigenvalue weighted by Gasteiger charge is -2.46. The maximum atomic E-state index is 12.9. The van der Waals surface area contributed by atoms with Crippen LogP contribution in [0.5, 0.6) is 0 Å². The molecule has 2 saturated carbocycles. The Bertz CT molecular complexity index is 540. The van der Waals surface area contributed by atoms with E-state index in [1.165, 1.54) is 6.42 Å². The van der Waals surface area contributed by atoms with Crippen molar-refractivity contribution in [1.82, 2.24) is 4.90 Å². The highest BCUT2D eigenvalue weighted by Crippen LogP contribution is 2.42. The number of sulfone groups is 1. The van der Waals surface area contributed by atoms with Gasteiger partial charge in [-0.3, -0.25) is 4.79 Å². The summed E-state index contributed by atoms with van der Waals surface area (Å²) in [7, 11) is -3.05. The summed E-state index contributed by atoms with van der Waals surface area (Å²) in [6.07, 6.45) is 5.30. The lowest BCUT2D eigenvalue weighted by Crippen LogP contribution is -2.57. The van der Waals surface area contributed by atoms with Crippen LogP contribution in [0.15, 0.2) is 0 Å². The normalized spacial score (nSPS) is 42.7. The van der Waals surface area contributed by atoms with Crippen molar-refractivity contribution in [1.29, 1.82) is 0 Å². The largest absolute Gasteiger partial charge is 0.337 e. The van der Waals surface area contributed by atoms with Gasteiger partial charge in [0.2, 0.25) is 5.91 Å². The van der Waals surface area contributed by atoms with Gasteiger partial charge in [0.25, 0.3) is 0 Å². The lowest BCUT2D eigenvalue weighted by molar-refractivity contribution is -0.140. The van der Waals surface area contributed by atoms with E-state index in [-0.39, 0.29) is 42.1 Å². The summed E-state index contributed by atoms with van der Waals surface area (Å²) in [5.74, 6) is 1.26. The van der Waals surface area contributed by atoms with Crippen molar-refractivity contribution >= 4 is 28.2 Å². The molecule has 0 spiro atoms. The van der Waals surface area contributed by atoms with Gasteiger partial charge in [-0.2, -0.15) is 0 Å². The van der Waals surface area contributed by atoms with Crippen LogP contribution in [0.4, 0.5) is 0 Å². The number of rotatable bonds is 1. The third kappa shape index (κ3) is 3.40. The second-order valence-electron chi connectivity index (χ2n) is 7.54. The summed E-state index contributed by atoms with van der Waals surface area (Å²) in [4.78, 5) is 14.8. The van der Waals surface area contributed by atoms with E-state index in [2.05, 4.69) is 0 Å². The molecule has 0 radical (unpaired) electrons. The van der Waals surface area contributed by atoms with Crippen LogP contribution in [0.2, 0.25) is 0 Å². The van der Waals surface area contributed by atoms with Crippen molar-refractivity contribution in [2.45, 2.75) is 63.3 Å². The summed E-state index contributed by atoms with van der Waals surface area (Å²) >= 11 is 0. The van der Waals surface area contributed by atoms with Crippen molar-refractivity contribution in [2.24, 2.45) is 23.5 Å². The molecule has 1 aliphatic heterocycles. The molecule has 0 aromatic carbocycles. The summed E-state index contributed by atoms with van der Waals surface area (Å²) in [6.45, 7) is 3.95. The zero-order chi connectivity index (χ0) is 16.1. The van der Waals surface area contributed by atoms with Crippen LogP contribution >= 0.6 is 12.4 Å². The summed E-state index contributed by atoms with van der Waals surface area (Å²) in [5.41, 5.74) is 6.31. The van der Waals surface area contributed by atoms with Crippen LogP contribution in [0, 0.1) is 17.8 Å². The molecule has 2 N–H and O–H groups in total. The molecule has 1 amide bonds. The predicted octanol–water partition coefficient (Wildman–Crippen LogP) is 1.60. The molecule has 3 rings (SSSR count). The Kier molecular flexibility index (Phi) is 5.69. The van der Waals surface area contributed by atoms with Gasteiger partial charge in [0.1, 0.15) is 0 Å². The van der Waals surface area contributed by atoms with Crippen LogP contribution < -0.4 is 5.73 Å². The molecule has 7 heteroatoms. The highest BCUT2D eigenvalue weighted by Gasteiger charge is 2.44. The van der Waals surface area contributed by atoms with Crippen molar-refractivity contribution in [3.63, 3.8) is 0 Å². The van der Waals surface area contributed by atoms with E-state index in [1.54, 1.807) is 6.92 Å². The molecule has 23 heavy (non-hydrogen) atoms.